The molecule has 2 aromatic rings. The molecular formula is C13H17ClN4OS. The van der Waals surface area contributed by atoms with Gasteiger partial charge >= 0.3 is 0 Å². The molecular weight excluding hydrogens is 296 g/mol. The molecule has 0 radical (unpaired) electrons. The van der Waals surface area contributed by atoms with Gasteiger partial charge in [-0.25, -0.2) is 0 Å². The molecule has 1 saturated heterocycles. The lowest BCUT2D eigenvalue weighted by Crippen LogP contribution is -2.45. The molecule has 0 saturated carbocycles. The molecule has 7 heteroatoms. The zero-order chi connectivity index (χ0) is 13.9. The van der Waals surface area contributed by atoms with Crippen LogP contribution >= 0.6 is 22.9 Å². The second kappa shape index (κ2) is 6.22. The van der Waals surface area contributed by atoms with Crippen molar-refractivity contribution in [3.8, 4) is 0 Å². The van der Waals surface area contributed by atoms with Crippen molar-refractivity contribution in [2.24, 2.45) is 0 Å². The summed E-state index contributed by atoms with van der Waals surface area (Å²) in [5.41, 5.74) is 0. The Balaban J connectivity index is 1.47. The molecule has 3 rings (SSSR count). The standard InChI is InChI=1S/C13H17ClN4OS/c1-10-15-13(19-16-10)9-18-6-4-17(5-7-18)8-11-2-3-12(14)20-11/h2-3H,4-9H2,1H3. The van der Waals surface area contributed by atoms with E-state index < -0.39 is 0 Å². The van der Waals surface area contributed by atoms with Crippen LogP contribution < -0.4 is 0 Å². The average Bonchev–Trinajstić information content (AvgIpc) is 3.01. The first kappa shape index (κ1) is 14.0. The summed E-state index contributed by atoms with van der Waals surface area (Å²) in [5.74, 6) is 1.41. The number of thiophene rings is 1. The minimum atomic E-state index is 0.702. The first-order valence-electron chi connectivity index (χ1n) is 6.67. The van der Waals surface area contributed by atoms with Gasteiger partial charge in [0.1, 0.15) is 0 Å². The maximum atomic E-state index is 5.96. The van der Waals surface area contributed by atoms with Gasteiger partial charge in [-0.2, -0.15) is 4.98 Å². The smallest absolute Gasteiger partial charge is 0.240 e. The second-order valence-electron chi connectivity index (χ2n) is 4.99. The lowest BCUT2D eigenvalue weighted by Gasteiger charge is -2.33. The van der Waals surface area contributed by atoms with Crippen LogP contribution in [-0.4, -0.2) is 46.1 Å². The van der Waals surface area contributed by atoms with E-state index in [9.17, 15) is 0 Å². The van der Waals surface area contributed by atoms with Gasteiger partial charge in [0.15, 0.2) is 5.82 Å². The molecule has 108 valence electrons. The van der Waals surface area contributed by atoms with E-state index in [2.05, 4.69) is 26.0 Å². The fraction of sp³-hybridized carbons (Fsp3) is 0.538. The summed E-state index contributed by atoms with van der Waals surface area (Å²) in [6, 6.07) is 4.08. The number of hydrogen-bond donors (Lipinski definition) is 0. The van der Waals surface area contributed by atoms with Crippen LogP contribution in [0.5, 0.6) is 0 Å². The van der Waals surface area contributed by atoms with Gasteiger partial charge in [-0.05, 0) is 19.1 Å². The Bertz CT molecular complexity index is 512. The zero-order valence-corrected chi connectivity index (χ0v) is 13.0. The molecule has 2 aromatic heterocycles. The van der Waals surface area contributed by atoms with E-state index in [1.165, 1.54) is 4.88 Å². The van der Waals surface area contributed by atoms with Crippen LogP contribution in [0.15, 0.2) is 16.7 Å². The predicted molar refractivity (Wildman–Crippen MR) is 78.9 cm³/mol. The zero-order valence-electron chi connectivity index (χ0n) is 11.4. The maximum absolute atomic E-state index is 5.96. The Morgan fingerprint density at radius 3 is 2.45 bits per heavy atom. The molecule has 0 aliphatic carbocycles. The van der Waals surface area contributed by atoms with Crippen LogP contribution in [0.1, 0.15) is 16.6 Å². The summed E-state index contributed by atoms with van der Waals surface area (Å²) in [6.07, 6.45) is 0. The summed E-state index contributed by atoms with van der Waals surface area (Å²) < 4.78 is 6.03. The van der Waals surface area contributed by atoms with Gasteiger partial charge in [0.05, 0.1) is 10.9 Å². The molecule has 1 aliphatic rings. The number of hydrogen-bond acceptors (Lipinski definition) is 6. The van der Waals surface area contributed by atoms with Crippen LogP contribution in [0.25, 0.3) is 0 Å². The first-order valence-corrected chi connectivity index (χ1v) is 7.86. The predicted octanol–water partition coefficient (Wildman–Crippen LogP) is 2.41. The molecule has 0 atom stereocenters. The monoisotopic (exact) mass is 312 g/mol. The fourth-order valence-corrected chi connectivity index (χ4v) is 3.49. The fourth-order valence-electron chi connectivity index (χ4n) is 2.36. The average molecular weight is 313 g/mol. The van der Waals surface area contributed by atoms with Gasteiger partial charge in [0.2, 0.25) is 5.89 Å². The lowest BCUT2D eigenvalue weighted by atomic mass is 10.3. The third-order valence-corrected chi connectivity index (χ3v) is 4.62. The van der Waals surface area contributed by atoms with Gasteiger partial charge in [-0.3, -0.25) is 9.80 Å². The van der Waals surface area contributed by atoms with E-state index in [1.54, 1.807) is 11.3 Å². The summed E-state index contributed by atoms with van der Waals surface area (Å²) in [6.45, 7) is 7.76. The van der Waals surface area contributed by atoms with Crippen molar-refractivity contribution in [2.45, 2.75) is 20.0 Å². The first-order chi connectivity index (χ1) is 9.69. The Hall–Kier alpha value is -0.950. The van der Waals surface area contributed by atoms with Crippen molar-refractivity contribution in [3.05, 3.63) is 33.1 Å². The van der Waals surface area contributed by atoms with E-state index >= 15 is 0 Å². The largest absolute Gasteiger partial charge is 0.338 e. The Kier molecular flexibility index (Phi) is 4.35. The van der Waals surface area contributed by atoms with Gasteiger partial charge in [0.25, 0.3) is 0 Å². The highest BCUT2D eigenvalue weighted by atomic mass is 35.5. The molecule has 20 heavy (non-hydrogen) atoms. The highest BCUT2D eigenvalue weighted by Gasteiger charge is 2.19. The van der Waals surface area contributed by atoms with Crippen LogP contribution in [0.4, 0.5) is 0 Å². The van der Waals surface area contributed by atoms with E-state index in [1.807, 2.05) is 13.0 Å². The number of nitrogens with zero attached hydrogens (tertiary/aromatic N) is 4. The number of aryl methyl sites for hydroxylation is 1. The van der Waals surface area contributed by atoms with Crippen molar-refractivity contribution in [1.29, 1.82) is 0 Å². The topological polar surface area (TPSA) is 45.4 Å². The third kappa shape index (κ3) is 3.58. The van der Waals surface area contributed by atoms with Crippen molar-refractivity contribution in [1.82, 2.24) is 19.9 Å². The Labute approximate surface area is 127 Å². The maximum Gasteiger partial charge on any atom is 0.240 e. The Morgan fingerprint density at radius 2 is 1.90 bits per heavy atom. The SMILES string of the molecule is Cc1noc(CN2CCN(Cc3ccc(Cl)s3)CC2)n1. The number of rotatable bonds is 4. The van der Waals surface area contributed by atoms with Crippen molar-refractivity contribution in [2.75, 3.05) is 26.2 Å². The van der Waals surface area contributed by atoms with Gasteiger partial charge in [0, 0.05) is 37.6 Å². The van der Waals surface area contributed by atoms with E-state index in [-0.39, 0.29) is 0 Å². The molecule has 3 heterocycles. The van der Waals surface area contributed by atoms with Crippen LogP contribution in [0, 0.1) is 6.92 Å². The molecule has 0 unspecified atom stereocenters. The van der Waals surface area contributed by atoms with E-state index in [0.29, 0.717) is 11.7 Å². The number of piperazine rings is 1. The lowest BCUT2D eigenvalue weighted by molar-refractivity contribution is 0.113. The highest BCUT2D eigenvalue weighted by Crippen LogP contribution is 2.23. The van der Waals surface area contributed by atoms with Gasteiger partial charge in [-0.15, -0.1) is 11.3 Å². The van der Waals surface area contributed by atoms with E-state index in [0.717, 1.165) is 43.6 Å². The molecule has 1 fully saturated rings. The van der Waals surface area contributed by atoms with Gasteiger partial charge < -0.3 is 4.52 Å². The molecule has 5 nitrogen and oxygen atoms in total. The normalized spacial score (nSPS) is 17.7. The summed E-state index contributed by atoms with van der Waals surface area (Å²) in [7, 11) is 0. The summed E-state index contributed by atoms with van der Waals surface area (Å²) >= 11 is 7.63. The summed E-state index contributed by atoms with van der Waals surface area (Å²) in [4.78, 5) is 10.4. The second-order valence-corrected chi connectivity index (χ2v) is 6.79. The minimum Gasteiger partial charge on any atom is -0.338 e. The van der Waals surface area contributed by atoms with Crippen LogP contribution in [0.2, 0.25) is 4.34 Å². The van der Waals surface area contributed by atoms with E-state index in [4.69, 9.17) is 16.1 Å². The highest BCUT2D eigenvalue weighted by molar-refractivity contribution is 7.16. The Morgan fingerprint density at radius 1 is 1.20 bits per heavy atom. The van der Waals surface area contributed by atoms with Crippen LogP contribution in [0.3, 0.4) is 0 Å². The number of aromatic nitrogens is 2. The minimum absolute atomic E-state index is 0.702. The molecule has 0 aromatic carbocycles. The molecule has 1 aliphatic heterocycles. The quantitative estimate of drug-likeness (QED) is 0.867. The van der Waals surface area contributed by atoms with Crippen molar-refractivity contribution < 1.29 is 4.52 Å². The number of halogens is 1. The summed E-state index contributed by atoms with van der Waals surface area (Å²) in [5, 5.41) is 3.82. The van der Waals surface area contributed by atoms with Crippen molar-refractivity contribution >= 4 is 22.9 Å². The molecule has 0 bridgehead atoms. The third-order valence-electron chi connectivity index (χ3n) is 3.40. The molecule has 0 spiro atoms. The molecule has 0 amide bonds. The van der Waals surface area contributed by atoms with Gasteiger partial charge in [-0.1, -0.05) is 16.8 Å². The van der Waals surface area contributed by atoms with Crippen molar-refractivity contribution in [3.63, 3.8) is 0 Å². The van der Waals surface area contributed by atoms with Crippen LogP contribution in [-0.2, 0) is 13.1 Å². The molecule has 0 N–H and O–H groups in total.